The fourth-order valence-electron chi connectivity index (χ4n) is 4.01. The van der Waals surface area contributed by atoms with Crippen molar-refractivity contribution in [3.63, 3.8) is 0 Å². The third kappa shape index (κ3) is 4.06. The third-order valence-corrected chi connectivity index (χ3v) is 5.49. The Bertz CT molecular complexity index is 675. The SMILES string of the molecule is CCCCC[C@@H]1CC[C@@H](c2ccc(-c3ccc(C#N)cc3)cc2)C1. The second-order valence-corrected chi connectivity index (χ2v) is 7.18. The van der Waals surface area contributed by atoms with Gasteiger partial charge in [-0.15, -0.1) is 0 Å². The van der Waals surface area contributed by atoms with Gasteiger partial charge in [0.25, 0.3) is 0 Å². The van der Waals surface area contributed by atoms with Crippen LogP contribution in [0.3, 0.4) is 0 Å². The third-order valence-electron chi connectivity index (χ3n) is 5.49. The molecule has 0 spiro atoms. The highest BCUT2D eigenvalue weighted by Crippen LogP contribution is 2.40. The van der Waals surface area contributed by atoms with E-state index in [-0.39, 0.29) is 0 Å². The molecule has 0 aliphatic heterocycles. The van der Waals surface area contributed by atoms with Crippen LogP contribution in [-0.2, 0) is 0 Å². The first-order valence-electron chi connectivity index (χ1n) is 9.40. The minimum atomic E-state index is 0.718. The van der Waals surface area contributed by atoms with Crippen molar-refractivity contribution in [2.45, 2.75) is 57.8 Å². The maximum Gasteiger partial charge on any atom is 0.0991 e. The molecule has 0 heterocycles. The summed E-state index contributed by atoms with van der Waals surface area (Å²) in [4.78, 5) is 0. The molecule has 1 aliphatic carbocycles. The number of hydrogen-bond acceptors (Lipinski definition) is 1. The quantitative estimate of drug-likeness (QED) is 0.544. The molecule has 124 valence electrons. The predicted octanol–water partition coefficient (Wildman–Crippen LogP) is 6.69. The Morgan fingerprint density at radius 2 is 1.58 bits per heavy atom. The highest BCUT2D eigenvalue weighted by molar-refractivity contribution is 5.64. The van der Waals surface area contributed by atoms with Crippen molar-refractivity contribution in [3.05, 3.63) is 59.7 Å². The van der Waals surface area contributed by atoms with Crippen molar-refractivity contribution in [2.24, 2.45) is 5.92 Å². The van der Waals surface area contributed by atoms with E-state index in [2.05, 4.69) is 37.3 Å². The molecule has 0 N–H and O–H groups in total. The van der Waals surface area contributed by atoms with E-state index in [9.17, 15) is 0 Å². The van der Waals surface area contributed by atoms with Crippen LogP contribution in [-0.4, -0.2) is 0 Å². The lowest BCUT2D eigenvalue weighted by Gasteiger charge is -2.12. The van der Waals surface area contributed by atoms with E-state index in [1.807, 2.05) is 24.3 Å². The zero-order chi connectivity index (χ0) is 16.8. The zero-order valence-electron chi connectivity index (χ0n) is 14.7. The molecule has 2 aromatic carbocycles. The highest BCUT2D eigenvalue weighted by Gasteiger charge is 2.25. The number of unbranched alkanes of at least 4 members (excludes halogenated alkanes) is 2. The summed E-state index contributed by atoms with van der Waals surface area (Å²) in [5, 5.41) is 8.90. The molecule has 24 heavy (non-hydrogen) atoms. The second-order valence-electron chi connectivity index (χ2n) is 7.18. The van der Waals surface area contributed by atoms with Gasteiger partial charge in [-0.2, -0.15) is 5.26 Å². The van der Waals surface area contributed by atoms with Gasteiger partial charge in [0.1, 0.15) is 0 Å². The monoisotopic (exact) mass is 317 g/mol. The van der Waals surface area contributed by atoms with Gasteiger partial charge in [0.05, 0.1) is 11.6 Å². The molecule has 1 fully saturated rings. The van der Waals surface area contributed by atoms with Crippen LogP contribution in [0.15, 0.2) is 48.5 Å². The summed E-state index contributed by atoms with van der Waals surface area (Å²) in [6.07, 6.45) is 9.69. The predicted molar refractivity (Wildman–Crippen MR) is 101 cm³/mol. The zero-order valence-corrected chi connectivity index (χ0v) is 14.7. The summed E-state index contributed by atoms with van der Waals surface area (Å²) in [7, 11) is 0. The Hall–Kier alpha value is -2.07. The van der Waals surface area contributed by atoms with Gasteiger partial charge in [-0.1, -0.05) is 69.0 Å². The van der Waals surface area contributed by atoms with E-state index in [0.29, 0.717) is 0 Å². The van der Waals surface area contributed by atoms with Crippen LogP contribution in [0.4, 0.5) is 0 Å². The van der Waals surface area contributed by atoms with Crippen molar-refractivity contribution < 1.29 is 0 Å². The van der Waals surface area contributed by atoms with Crippen molar-refractivity contribution in [2.75, 3.05) is 0 Å². The Morgan fingerprint density at radius 3 is 2.21 bits per heavy atom. The topological polar surface area (TPSA) is 23.8 Å². The van der Waals surface area contributed by atoms with Crippen molar-refractivity contribution in [1.82, 2.24) is 0 Å². The first-order valence-corrected chi connectivity index (χ1v) is 9.40. The summed E-state index contributed by atoms with van der Waals surface area (Å²) < 4.78 is 0. The van der Waals surface area contributed by atoms with Gasteiger partial charge in [0.2, 0.25) is 0 Å². The summed E-state index contributed by atoms with van der Waals surface area (Å²) in [6, 6.07) is 19.1. The Morgan fingerprint density at radius 1 is 0.917 bits per heavy atom. The molecule has 2 atom stereocenters. The average Bonchev–Trinajstić information content (AvgIpc) is 3.11. The lowest BCUT2D eigenvalue weighted by molar-refractivity contribution is 0.466. The molecule has 0 aromatic heterocycles. The number of rotatable bonds is 6. The molecule has 0 unspecified atom stereocenters. The molecule has 0 saturated heterocycles. The van der Waals surface area contributed by atoms with E-state index in [0.717, 1.165) is 17.4 Å². The molecule has 0 radical (unpaired) electrons. The summed E-state index contributed by atoms with van der Waals surface area (Å²) in [5.74, 6) is 1.70. The van der Waals surface area contributed by atoms with Gasteiger partial charge >= 0.3 is 0 Å². The van der Waals surface area contributed by atoms with E-state index in [1.54, 1.807) is 0 Å². The lowest BCUT2D eigenvalue weighted by Crippen LogP contribution is -1.96. The molecule has 1 saturated carbocycles. The van der Waals surface area contributed by atoms with Gasteiger partial charge in [0, 0.05) is 0 Å². The van der Waals surface area contributed by atoms with Crippen molar-refractivity contribution >= 4 is 0 Å². The highest BCUT2D eigenvalue weighted by atomic mass is 14.3. The molecule has 1 aliphatic rings. The Balaban J connectivity index is 1.61. The number of benzene rings is 2. The van der Waals surface area contributed by atoms with Gasteiger partial charge in [-0.3, -0.25) is 0 Å². The normalized spacial score (nSPS) is 20.0. The molecular formula is C23H27N. The van der Waals surface area contributed by atoms with Crippen molar-refractivity contribution in [3.8, 4) is 17.2 Å². The maximum atomic E-state index is 8.90. The molecule has 0 amide bonds. The van der Waals surface area contributed by atoms with Crippen LogP contribution >= 0.6 is 0 Å². The smallest absolute Gasteiger partial charge is 0.0991 e. The van der Waals surface area contributed by atoms with E-state index >= 15 is 0 Å². The summed E-state index contributed by atoms with van der Waals surface area (Å²) in [6.45, 7) is 2.28. The van der Waals surface area contributed by atoms with E-state index in [4.69, 9.17) is 5.26 Å². The van der Waals surface area contributed by atoms with Gasteiger partial charge in [0.15, 0.2) is 0 Å². The molecule has 3 rings (SSSR count). The van der Waals surface area contributed by atoms with Gasteiger partial charge in [-0.05, 0) is 59.9 Å². The first-order chi connectivity index (χ1) is 11.8. The standard InChI is InChI=1S/C23H27N/c1-2-3-4-5-18-6-11-23(16-18)22-14-12-21(13-15-22)20-9-7-19(17-24)8-10-20/h7-10,12-15,18,23H,2-6,11,16H2,1H3/t18-,23-/m1/s1. The molecule has 1 heteroatoms. The minimum Gasteiger partial charge on any atom is -0.192 e. The number of hydrogen-bond donors (Lipinski definition) is 0. The maximum absolute atomic E-state index is 8.90. The van der Waals surface area contributed by atoms with Crippen LogP contribution in [0.25, 0.3) is 11.1 Å². The van der Waals surface area contributed by atoms with Crippen LogP contribution in [0.2, 0.25) is 0 Å². The second kappa shape index (κ2) is 8.15. The fourth-order valence-corrected chi connectivity index (χ4v) is 4.01. The lowest BCUT2D eigenvalue weighted by atomic mass is 9.93. The van der Waals surface area contributed by atoms with E-state index in [1.165, 1.54) is 61.6 Å². The number of nitriles is 1. The van der Waals surface area contributed by atoms with Crippen molar-refractivity contribution in [1.29, 1.82) is 5.26 Å². The summed E-state index contributed by atoms with van der Waals surface area (Å²) >= 11 is 0. The average molecular weight is 317 g/mol. The van der Waals surface area contributed by atoms with Crippen LogP contribution < -0.4 is 0 Å². The largest absolute Gasteiger partial charge is 0.192 e. The summed E-state index contributed by atoms with van der Waals surface area (Å²) in [5.41, 5.74) is 4.64. The molecule has 0 bridgehead atoms. The minimum absolute atomic E-state index is 0.718. The van der Waals surface area contributed by atoms with Crippen LogP contribution in [0, 0.1) is 17.2 Å². The van der Waals surface area contributed by atoms with E-state index < -0.39 is 0 Å². The van der Waals surface area contributed by atoms with Gasteiger partial charge < -0.3 is 0 Å². The Labute approximate surface area is 146 Å². The first kappa shape index (κ1) is 16.8. The molecule has 1 nitrogen and oxygen atoms in total. The molecule has 2 aromatic rings. The van der Waals surface area contributed by atoms with Crippen LogP contribution in [0.5, 0.6) is 0 Å². The fraction of sp³-hybridized carbons (Fsp3) is 0.435. The Kier molecular flexibility index (Phi) is 5.70. The number of nitrogens with zero attached hydrogens (tertiary/aromatic N) is 1. The molecular weight excluding hydrogens is 290 g/mol. The van der Waals surface area contributed by atoms with Crippen LogP contribution in [0.1, 0.15) is 68.9 Å². The van der Waals surface area contributed by atoms with Gasteiger partial charge in [-0.25, -0.2) is 0 Å².